The standard InChI is InChI=1S/C23H35N2O5P/c1-14(2)29-31(27,30-15(3)4)13-21(25-20-10-9-17(6)24-18(20)7)19-11-16(5)23(28-8)22(26)12-19/h9-12,14-15,21,25-26H,13H2,1-8H3. The number of ether oxygens (including phenoxy) is 1. The van der Waals surface area contributed by atoms with Crippen molar-refractivity contribution >= 4 is 13.3 Å². The van der Waals surface area contributed by atoms with E-state index in [2.05, 4.69) is 10.3 Å². The van der Waals surface area contributed by atoms with Crippen LogP contribution in [0.25, 0.3) is 0 Å². The fourth-order valence-corrected chi connectivity index (χ4v) is 5.74. The molecule has 0 radical (unpaired) electrons. The quantitative estimate of drug-likeness (QED) is 0.434. The van der Waals surface area contributed by atoms with Crippen molar-refractivity contribution in [3.8, 4) is 11.5 Å². The largest absolute Gasteiger partial charge is 0.504 e. The SMILES string of the molecule is COc1c(C)cc(C(CP(=O)(OC(C)C)OC(C)C)Nc2ccc(C)nc2C)cc1O. The number of phenolic OH excluding ortho intramolecular Hbond substituents is 1. The molecule has 0 fully saturated rings. The number of benzene rings is 1. The van der Waals surface area contributed by atoms with Crippen LogP contribution < -0.4 is 10.1 Å². The molecule has 0 saturated heterocycles. The van der Waals surface area contributed by atoms with Crippen molar-refractivity contribution in [3.05, 3.63) is 46.8 Å². The lowest BCUT2D eigenvalue weighted by atomic mass is 10.0. The van der Waals surface area contributed by atoms with E-state index in [9.17, 15) is 9.67 Å². The van der Waals surface area contributed by atoms with E-state index in [1.54, 1.807) is 6.07 Å². The summed E-state index contributed by atoms with van der Waals surface area (Å²) in [6.45, 7) is 13.0. The highest BCUT2D eigenvalue weighted by atomic mass is 31.2. The highest BCUT2D eigenvalue weighted by Crippen LogP contribution is 2.53. The third kappa shape index (κ3) is 6.96. The van der Waals surface area contributed by atoms with Crippen LogP contribution in [0.2, 0.25) is 0 Å². The Balaban J connectivity index is 2.52. The minimum absolute atomic E-state index is 0.0208. The van der Waals surface area contributed by atoms with Gasteiger partial charge in [0.15, 0.2) is 11.5 Å². The molecule has 0 spiro atoms. The Kier molecular flexibility index (Phi) is 8.52. The lowest BCUT2D eigenvalue weighted by molar-refractivity contribution is 0.142. The van der Waals surface area contributed by atoms with Gasteiger partial charge in [-0.1, -0.05) is 6.07 Å². The molecule has 0 aliphatic rings. The van der Waals surface area contributed by atoms with Crippen molar-refractivity contribution in [3.63, 3.8) is 0 Å². The van der Waals surface area contributed by atoms with Gasteiger partial charge in [-0.05, 0) is 77.8 Å². The molecule has 2 aromatic rings. The summed E-state index contributed by atoms with van der Waals surface area (Å²) in [5, 5.41) is 13.9. The van der Waals surface area contributed by atoms with E-state index in [-0.39, 0.29) is 24.1 Å². The second-order valence-corrected chi connectivity index (χ2v) is 10.3. The third-order valence-corrected chi connectivity index (χ3v) is 6.89. The molecule has 8 heteroatoms. The molecule has 172 valence electrons. The number of pyridine rings is 1. The molecular formula is C23H35N2O5P. The van der Waals surface area contributed by atoms with Gasteiger partial charge >= 0.3 is 7.60 Å². The predicted molar refractivity (Wildman–Crippen MR) is 124 cm³/mol. The molecule has 0 bridgehead atoms. The molecule has 0 amide bonds. The molecule has 1 aromatic carbocycles. The Morgan fingerprint density at radius 3 is 2.16 bits per heavy atom. The van der Waals surface area contributed by atoms with Gasteiger partial charge in [-0.25, -0.2) is 0 Å². The minimum atomic E-state index is -3.46. The summed E-state index contributed by atoms with van der Waals surface area (Å²) in [5.74, 6) is 0.433. The van der Waals surface area contributed by atoms with Crippen molar-refractivity contribution in [1.29, 1.82) is 0 Å². The average Bonchev–Trinajstić information content (AvgIpc) is 2.61. The maximum atomic E-state index is 13.7. The second kappa shape index (κ2) is 10.5. The fourth-order valence-electron chi connectivity index (χ4n) is 3.49. The molecule has 1 heterocycles. The Bertz CT molecular complexity index is 909. The van der Waals surface area contributed by atoms with E-state index >= 15 is 0 Å². The Morgan fingerprint density at radius 2 is 1.68 bits per heavy atom. The number of rotatable bonds is 10. The Labute approximate surface area is 185 Å². The van der Waals surface area contributed by atoms with Crippen LogP contribution >= 0.6 is 7.60 Å². The van der Waals surface area contributed by atoms with E-state index in [0.29, 0.717) is 5.75 Å². The maximum absolute atomic E-state index is 13.7. The van der Waals surface area contributed by atoms with Crippen LogP contribution in [-0.4, -0.2) is 35.6 Å². The number of hydrogen-bond donors (Lipinski definition) is 2. The normalized spacial score (nSPS) is 13.0. The van der Waals surface area contributed by atoms with Crippen LogP contribution in [0.1, 0.15) is 56.3 Å². The van der Waals surface area contributed by atoms with Gasteiger partial charge in [-0.15, -0.1) is 0 Å². The van der Waals surface area contributed by atoms with Gasteiger partial charge in [0.1, 0.15) is 0 Å². The third-order valence-electron chi connectivity index (χ3n) is 4.59. The lowest BCUT2D eigenvalue weighted by Crippen LogP contribution is -2.20. The number of phenols is 1. The summed E-state index contributed by atoms with van der Waals surface area (Å²) in [6, 6.07) is 6.93. The molecule has 1 unspecified atom stereocenters. The first-order valence-electron chi connectivity index (χ1n) is 10.5. The molecule has 1 atom stereocenters. The van der Waals surface area contributed by atoms with Crippen LogP contribution in [0, 0.1) is 20.8 Å². The van der Waals surface area contributed by atoms with Crippen molar-refractivity contribution in [2.24, 2.45) is 0 Å². The minimum Gasteiger partial charge on any atom is -0.504 e. The number of aromatic hydroxyl groups is 1. The van der Waals surface area contributed by atoms with E-state index in [1.807, 2.05) is 66.7 Å². The molecule has 1 aromatic heterocycles. The van der Waals surface area contributed by atoms with Gasteiger partial charge < -0.3 is 24.2 Å². The van der Waals surface area contributed by atoms with Crippen molar-refractivity contribution < 1.29 is 23.5 Å². The average molecular weight is 451 g/mol. The van der Waals surface area contributed by atoms with E-state index in [4.69, 9.17) is 13.8 Å². The zero-order valence-electron chi connectivity index (χ0n) is 19.7. The number of aromatic nitrogens is 1. The highest BCUT2D eigenvalue weighted by molar-refractivity contribution is 7.53. The summed E-state index contributed by atoms with van der Waals surface area (Å²) < 4.78 is 30.5. The monoisotopic (exact) mass is 450 g/mol. The van der Waals surface area contributed by atoms with Gasteiger partial charge in [-0.3, -0.25) is 9.55 Å². The Morgan fingerprint density at radius 1 is 1.06 bits per heavy atom. The van der Waals surface area contributed by atoms with Crippen molar-refractivity contribution in [2.45, 2.75) is 66.7 Å². The zero-order chi connectivity index (χ0) is 23.3. The molecule has 31 heavy (non-hydrogen) atoms. The van der Waals surface area contributed by atoms with Crippen LogP contribution in [0.5, 0.6) is 11.5 Å². The molecule has 0 saturated carbocycles. The van der Waals surface area contributed by atoms with Gasteiger partial charge in [0.05, 0.1) is 42.9 Å². The molecule has 0 aliphatic heterocycles. The Hall–Kier alpha value is -2.08. The molecule has 2 N–H and O–H groups in total. The van der Waals surface area contributed by atoms with Gasteiger partial charge in [0.25, 0.3) is 0 Å². The summed E-state index contributed by atoms with van der Waals surface area (Å²) in [7, 11) is -1.95. The first-order chi connectivity index (χ1) is 14.4. The summed E-state index contributed by atoms with van der Waals surface area (Å²) in [6.07, 6.45) is -0.444. The van der Waals surface area contributed by atoms with Gasteiger partial charge in [-0.2, -0.15) is 0 Å². The van der Waals surface area contributed by atoms with Crippen LogP contribution in [0.15, 0.2) is 24.3 Å². The van der Waals surface area contributed by atoms with Crippen molar-refractivity contribution in [1.82, 2.24) is 4.98 Å². The van der Waals surface area contributed by atoms with E-state index in [0.717, 1.165) is 28.2 Å². The fraction of sp³-hybridized carbons (Fsp3) is 0.522. The van der Waals surface area contributed by atoms with Gasteiger partial charge in [0, 0.05) is 5.69 Å². The highest BCUT2D eigenvalue weighted by Gasteiger charge is 2.33. The number of aryl methyl sites for hydroxylation is 3. The van der Waals surface area contributed by atoms with Crippen LogP contribution in [-0.2, 0) is 13.6 Å². The maximum Gasteiger partial charge on any atom is 0.333 e. The van der Waals surface area contributed by atoms with Crippen molar-refractivity contribution in [2.75, 3.05) is 18.6 Å². The summed E-state index contributed by atoms with van der Waals surface area (Å²) in [5.41, 5.74) is 4.06. The van der Waals surface area contributed by atoms with E-state index in [1.165, 1.54) is 7.11 Å². The summed E-state index contributed by atoms with van der Waals surface area (Å²) >= 11 is 0. The number of methoxy groups -OCH3 is 1. The van der Waals surface area contributed by atoms with Gasteiger partial charge in [0.2, 0.25) is 0 Å². The number of nitrogens with one attached hydrogen (secondary N) is 1. The topological polar surface area (TPSA) is 89.9 Å². The molecular weight excluding hydrogens is 415 g/mol. The lowest BCUT2D eigenvalue weighted by Gasteiger charge is -2.29. The first-order valence-corrected chi connectivity index (χ1v) is 12.2. The first kappa shape index (κ1) is 25.2. The molecule has 2 rings (SSSR count). The van der Waals surface area contributed by atoms with Crippen LogP contribution in [0.4, 0.5) is 5.69 Å². The predicted octanol–water partition coefficient (Wildman–Crippen LogP) is 5.92. The molecule has 0 aliphatic carbocycles. The summed E-state index contributed by atoms with van der Waals surface area (Å²) in [4.78, 5) is 4.51. The molecule has 7 nitrogen and oxygen atoms in total. The number of hydrogen-bond acceptors (Lipinski definition) is 7. The van der Waals surface area contributed by atoms with E-state index < -0.39 is 13.6 Å². The van der Waals surface area contributed by atoms with Crippen LogP contribution in [0.3, 0.4) is 0 Å². The second-order valence-electron chi connectivity index (χ2n) is 8.27. The zero-order valence-corrected chi connectivity index (χ0v) is 20.6. The smallest absolute Gasteiger partial charge is 0.333 e. The number of anilines is 1. The number of nitrogens with zero attached hydrogens (tertiary/aromatic N) is 1.